The minimum Gasteiger partial charge on any atom is -0.489 e. The van der Waals surface area contributed by atoms with E-state index in [0.717, 1.165) is 23.4 Å². The van der Waals surface area contributed by atoms with E-state index in [1.807, 2.05) is 49.9 Å². The molecule has 0 saturated carbocycles. The van der Waals surface area contributed by atoms with Gasteiger partial charge in [-0.15, -0.1) is 0 Å². The van der Waals surface area contributed by atoms with Gasteiger partial charge in [-0.05, 0) is 50.6 Å². The summed E-state index contributed by atoms with van der Waals surface area (Å²) in [6.45, 7) is 7.59. The number of rotatable bonds is 6. The molecule has 1 aromatic carbocycles. The van der Waals surface area contributed by atoms with E-state index in [1.165, 1.54) is 6.07 Å². The number of carbonyl (C=O) groups excluding carboxylic acids is 1. The number of aryl methyl sites for hydroxylation is 1. The normalized spacial score (nSPS) is 17.6. The largest absolute Gasteiger partial charge is 0.489 e. The number of hydrogen-bond donors (Lipinski definition) is 1. The van der Waals surface area contributed by atoms with Gasteiger partial charge < -0.3 is 15.0 Å². The second-order valence-corrected chi connectivity index (χ2v) is 6.92. The molecule has 2 aromatic rings. The van der Waals surface area contributed by atoms with Crippen LogP contribution in [0.25, 0.3) is 0 Å². The molecule has 1 fully saturated rings. The highest BCUT2D eigenvalue weighted by atomic mass is 19.1. The summed E-state index contributed by atoms with van der Waals surface area (Å²) in [4.78, 5) is 18.2. The maximum absolute atomic E-state index is 14.0. The van der Waals surface area contributed by atoms with E-state index in [9.17, 15) is 9.18 Å². The van der Waals surface area contributed by atoms with E-state index in [1.54, 1.807) is 6.07 Å². The Morgan fingerprint density at radius 2 is 2.07 bits per heavy atom. The second kappa shape index (κ2) is 8.37. The standard InChI is InChI=1S/C21H26FN3O2/c1-4-23-21(26)15(3)16-6-8-17(9-7-16)27-18-11-12-25(13-18)20-19(22)10-5-14(2)24-20/h5-10,15,18H,4,11-13H2,1-3H3,(H,23,26). The van der Waals surface area contributed by atoms with Crippen molar-refractivity contribution < 1.29 is 13.9 Å². The monoisotopic (exact) mass is 371 g/mol. The Morgan fingerprint density at radius 3 is 2.78 bits per heavy atom. The summed E-state index contributed by atoms with van der Waals surface area (Å²) < 4.78 is 20.1. The third kappa shape index (κ3) is 4.56. The summed E-state index contributed by atoms with van der Waals surface area (Å²) in [6, 6.07) is 10.7. The van der Waals surface area contributed by atoms with Crippen molar-refractivity contribution >= 4 is 11.7 Å². The number of nitrogens with zero attached hydrogens (tertiary/aromatic N) is 2. The van der Waals surface area contributed by atoms with Gasteiger partial charge in [0.25, 0.3) is 0 Å². The van der Waals surface area contributed by atoms with Crippen LogP contribution in [0, 0.1) is 12.7 Å². The number of halogens is 1. The van der Waals surface area contributed by atoms with Gasteiger partial charge in [0.05, 0.1) is 12.5 Å². The van der Waals surface area contributed by atoms with Crippen LogP contribution < -0.4 is 15.0 Å². The van der Waals surface area contributed by atoms with Crippen molar-refractivity contribution in [3.8, 4) is 5.75 Å². The van der Waals surface area contributed by atoms with Gasteiger partial charge in [-0.2, -0.15) is 0 Å². The summed E-state index contributed by atoms with van der Waals surface area (Å²) in [5, 5.41) is 2.83. The van der Waals surface area contributed by atoms with Crippen molar-refractivity contribution in [3.63, 3.8) is 0 Å². The van der Waals surface area contributed by atoms with Gasteiger partial charge in [-0.1, -0.05) is 12.1 Å². The van der Waals surface area contributed by atoms with Gasteiger partial charge >= 0.3 is 0 Å². The number of pyridine rings is 1. The number of hydrogen-bond acceptors (Lipinski definition) is 4. The van der Waals surface area contributed by atoms with Gasteiger partial charge in [0, 0.05) is 25.2 Å². The molecule has 0 spiro atoms. The van der Waals surface area contributed by atoms with Gasteiger partial charge in [0.2, 0.25) is 5.91 Å². The van der Waals surface area contributed by atoms with Crippen molar-refractivity contribution in [2.24, 2.45) is 0 Å². The molecule has 144 valence electrons. The van der Waals surface area contributed by atoms with Gasteiger partial charge in [0.15, 0.2) is 11.6 Å². The van der Waals surface area contributed by atoms with E-state index in [2.05, 4.69) is 10.3 Å². The zero-order valence-corrected chi connectivity index (χ0v) is 16.0. The van der Waals surface area contributed by atoms with E-state index in [-0.39, 0.29) is 23.7 Å². The number of aromatic nitrogens is 1. The van der Waals surface area contributed by atoms with Crippen LogP contribution in [0.4, 0.5) is 10.2 Å². The molecule has 1 aliphatic rings. The summed E-state index contributed by atoms with van der Waals surface area (Å²) >= 11 is 0. The first kappa shape index (κ1) is 19.1. The molecule has 5 nitrogen and oxygen atoms in total. The Bertz CT molecular complexity index is 795. The van der Waals surface area contributed by atoms with Crippen LogP contribution in [-0.4, -0.2) is 36.6 Å². The van der Waals surface area contributed by atoms with Gasteiger partial charge in [-0.3, -0.25) is 4.79 Å². The molecule has 1 saturated heterocycles. The molecule has 2 unspecified atom stereocenters. The first-order chi connectivity index (χ1) is 13.0. The minimum absolute atomic E-state index is 0.0154. The molecule has 1 amide bonds. The molecule has 0 bridgehead atoms. The van der Waals surface area contributed by atoms with E-state index in [4.69, 9.17) is 4.74 Å². The lowest BCUT2D eigenvalue weighted by Gasteiger charge is -2.19. The summed E-state index contributed by atoms with van der Waals surface area (Å²) in [5.74, 6) is 0.671. The van der Waals surface area contributed by atoms with Crippen molar-refractivity contribution in [2.75, 3.05) is 24.5 Å². The Balaban J connectivity index is 1.60. The fourth-order valence-electron chi connectivity index (χ4n) is 3.27. The van der Waals surface area contributed by atoms with Crippen LogP contribution in [0.5, 0.6) is 5.75 Å². The third-order valence-corrected chi connectivity index (χ3v) is 4.84. The summed E-state index contributed by atoms with van der Waals surface area (Å²) in [6.07, 6.45) is 0.796. The molecular formula is C21H26FN3O2. The Labute approximate surface area is 159 Å². The highest BCUT2D eigenvalue weighted by molar-refractivity contribution is 5.83. The smallest absolute Gasteiger partial charge is 0.227 e. The van der Waals surface area contributed by atoms with Gasteiger partial charge in [-0.25, -0.2) is 9.37 Å². The second-order valence-electron chi connectivity index (χ2n) is 6.92. The molecule has 0 radical (unpaired) electrons. The Hall–Kier alpha value is -2.63. The minimum atomic E-state index is -0.301. The number of amides is 1. The Kier molecular flexibility index (Phi) is 5.94. The van der Waals surface area contributed by atoms with Crippen LogP contribution >= 0.6 is 0 Å². The molecule has 1 aromatic heterocycles. The van der Waals surface area contributed by atoms with E-state index < -0.39 is 0 Å². The lowest BCUT2D eigenvalue weighted by Crippen LogP contribution is -2.27. The molecule has 27 heavy (non-hydrogen) atoms. The zero-order valence-electron chi connectivity index (χ0n) is 16.0. The van der Waals surface area contributed by atoms with Crippen molar-refractivity contribution in [2.45, 2.75) is 39.2 Å². The number of nitrogens with one attached hydrogen (secondary N) is 1. The number of carbonyl (C=O) groups is 1. The van der Waals surface area contributed by atoms with Crippen LogP contribution in [0.1, 0.15) is 37.4 Å². The summed E-state index contributed by atoms with van der Waals surface area (Å²) in [5.41, 5.74) is 1.75. The molecule has 0 aliphatic carbocycles. The maximum atomic E-state index is 14.0. The highest BCUT2D eigenvalue weighted by Crippen LogP contribution is 2.26. The first-order valence-corrected chi connectivity index (χ1v) is 9.40. The predicted molar refractivity (Wildman–Crippen MR) is 104 cm³/mol. The first-order valence-electron chi connectivity index (χ1n) is 9.40. The van der Waals surface area contributed by atoms with Crippen LogP contribution in [-0.2, 0) is 4.79 Å². The lowest BCUT2D eigenvalue weighted by molar-refractivity contribution is -0.122. The fraction of sp³-hybridized carbons (Fsp3) is 0.429. The fourth-order valence-corrected chi connectivity index (χ4v) is 3.27. The third-order valence-electron chi connectivity index (χ3n) is 4.84. The molecule has 1 aliphatic heterocycles. The number of ether oxygens (including phenoxy) is 1. The number of likely N-dealkylation sites (N-methyl/N-ethyl adjacent to an activating group) is 1. The van der Waals surface area contributed by atoms with E-state index in [0.29, 0.717) is 25.5 Å². The lowest BCUT2D eigenvalue weighted by atomic mass is 10.0. The number of anilines is 1. The van der Waals surface area contributed by atoms with Crippen molar-refractivity contribution in [1.29, 1.82) is 0 Å². The maximum Gasteiger partial charge on any atom is 0.227 e. The molecular weight excluding hydrogens is 345 g/mol. The average Bonchev–Trinajstić information content (AvgIpc) is 3.12. The quantitative estimate of drug-likeness (QED) is 0.845. The zero-order chi connectivity index (χ0) is 19.4. The van der Waals surface area contributed by atoms with Crippen molar-refractivity contribution in [3.05, 3.63) is 53.5 Å². The van der Waals surface area contributed by atoms with Crippen LogP contribution in [0.15, 0.2) is 36.4 Å². The number of benzene rings is 1. The topological polar surface area (TPSA) is 54.5 Å². The Morgan fingerprint density at radius 1 is 1.33 bits per heavy atom. The summed E-state index contributed by atoms with van der Waals surface area (Å²) in [7, 11) is 0. The molecule has 2 atom stereocenters. The predicted octanol–water partition coefficient (Wildman–Crippen LogP) is 3.43. The van der Waals surface area contributed by atoms with Gasteiger partial charge in [0.1, 0.15) is 11.9 Å². The van der Waals surface area contributed by atoms with Crippen LogP contribution in [0.2, 0.25) is 0 Å². The van der Waals surface area contributed by atoms with Crippen molar-refractivity contribution in [1.82, 2.24) is 10.3 Å². The molecule has 2 heterocycles. The van der Waals surface area contributed by atoms with Crippen LogP contribution in [0.3, 0.4) is 0 Å². The SMILES string of the molecule is CCNC(=O)C(C)c1ccc(OC2CCN(c3nc(C)ccc3F)C2)cc1. The molecule has 1 N–H and O–H groups in total. The molecule has 6 heteroatoms. The molecule has 3 rings (SSSR count). The highest BCUT2D eigenvalue weighted by Gasteiger charge is 2.27. The average molecular weight is 371 g/mol. The van der Waals surface area contributed by atoms with E-state index >= 15 is 0 Å².